The van der Waals surface area contributed by atoms with Crippen LogP contribution in [-0.2, 0) is 11.3 Å². The van der Waals surface area contributed by atoms with Crippen LogP contribution in [-0.4, -0.2) is 33.7 Å². The normalized spacial score (nSPS) is 17.3. The Hall–Kier alpha value is -1.96. The van der Waals surface area contributed by atoms with Gasteiger partial charge in [0.25, 0.3) is 0 Å². The Kier molecular flexibility index (Phi) is 5.71. The maximum absolute atomic E-state index is 12.7. The van der Waals surface area contributed by atoms with Crippen molar-refractivity contribution in [3.05, 3.63) is 69.0 Å². The minimum Gasteiger partial charge on any atom is -0.310 e. The van der Waals surface area contributed by atoms with Crippen molar-refractivity contribution < 1.29 is 4.79 Å². The Labute approximate surface area is 171 Å². The number of amides is 1. The summed E-state index contributed by atoms with van der Waals surface area (Å²) in [7, 11) is 0. The van der Waals surface area contributed by atoms with Crippen LogP contribution < -0.4 is 5.32 Å². The van der Waals surface area contributed by atoms with Gasteiger partial charge in [-0.15, -0.1) is 11.3 Å². The maximum atomic E-state index is 12.7. The van der Waals surface area contributed by atoms with Crippen LogP contribution in [0.5, 0.6) is 0 Å². The number of halogens is 1. The zero-order valence-corrected chi connectivity index (χ0v) is 17.2. The molecular formula is C20H21BrN4OS. The molecule has 1 atom stereocenters. The van der Waals surface area contributed by atoms with Crippen molar-refractivity contribution in [2.75, 3.05) is 18.4 Å². The zero-order valence-electron chi connectivity index (χ0n) is 14.8. The Bertz CT molecular complexity index is 908. The van der Waals surface area contributed by atoms with E-state index >= 15 is 0 Å². The molecule has 140 valence electrons. The lowest BCUT2D eigenvalue weighted by molar-refractivity contribution is -0.117. The van der Waals surface area contributed by atoms with Gasteiger partial charge in [-0.3, -0.25) is 9.69 Å². The molecule has 1 unspecified atom stereocenters. The Balaban J connectivity index is 1.40. The number of aromatic nitrogens is 2. The number of hydrogen-bond acceptors (Lipinski definition) is 4. The van der Waals surface area contributed by atoms with E-state index in [1.54, 1.807) is 17.5 Å². The van der Waals surface area contributed by atoms with E-state index in [1.807, 2.05) is 28.3 Å². The molecule has 1 aliphatic rings. The van der Waals surface area contributed by atoms with Gasteiger partial charge in [-0.25, -0.2) is 4.68 Å². The second-order valence-corrected chi connectivity index (χ2v) is 8.63. The van der Waals surface area contributed by atoms with Crippen molar-refractivity contribution in [1.82, 2.24) is 14.7 Å². The van der Waals surface area contributed by atoms with Gasteiger partial charge in [-0.1, -0.05) is 34.1 Å². The summed E-state index contributed by atoms with van der Waals surface area (Å²) in [6.45, 7) is 2.01. The van der Waals surface area contributed by atoms with Gasteiger partial charge in [0.2, 0.25) is 5.91 Å². The third-order valence-electron chi connectivity index (χ3n) is 4.81. The van der Waals surface area contributed by atoms with E-state index in [0.717, 1.165) is 29.7 Å². The Morgan fingerprint density at radius 1 is 1.30 bits per heavy atom. The van der Waals surface area contributed by atoms with E-state index in [2.05, 4.69) is 55.5 Å². The second-order valence-electron chi connectivity index (χ2n) is 6.69. The van der Waals surface area contributed by atoms with Gasteiger partial charge >= 0.3 is 0 Å². The van der Waals surface area contributed by atoms with Crippen LogP contribution in [0, 0.1) is 0 Å². The van der Waals surface area contributed by atoms with Crippen molar-refractivity contribution in [3.8, 4) is 0 Å². The van der Waals surface area contributed by atoms with E-state index in [1.165, 1.54) is 10.4 Å². The quantitative estimate of drug-likeness (QED) is 0.607. The van der Waals surface area contributed by atoms with Crippen LogP contribution in [0.3, 0.4) is 0 Å². The largest absolute Gasteiger partial charge is 0.310 e. The van der Waals surface area contributed by atoms with E-state index < -0.39 is 0 Å². The summed E-state index contributed by atoms with van der Waals surface area (Å²) in [6.07, 6.45) is 3.92. The lowest BCUT2D eigenvalue weighted by atomic mass is 10.0. The average Bonchev–Trinajstić information content (AvgIpc) is 3.39. The average molecular weight is 445 g/mol. The molecule has 7 heteroatoms. The Morgan fingerprint density at radius 3 is 3.04 bits per heavy atom. The predicted molar refractivity (Wildman–Crippen MR) is 112 cm³/mol. The summed E-state index contributed by atoms with van der Waals surface area (Å²) in [5, 5.41) is 9.41. The number of likely N-dealkylation sites (tertiary alicyclic amines) is 1. The molecule has 0 saturated carbocycles. The van der Waals surface area contributed by atoms with Crippen LogP contribution >= 0.6 is 27.3 Å². The molecule has 1 aliphatic heterocycles. The third-order valence-corrected chi connectivity index (χ3v) is 6.17. The van der Waals surface area contributed by atoms with Crippen LogP contribution in [0.2, 0.25) is 0 Å². The lowest BCUT2D eigenvalue weighted by Gasteiger charge is -2.24. The first-order valence-corrected chi connectivity index (χ1v) is 10.7. The molecule has 0 bridgehead atoms. The molecule has 1 aromatic carbocycles. The van der Waals surface area contributed by atoms with Gasteiger partial charge in [-0.05, 0) is 48.5 Å². The number of anilines is 1. The molecule has 1 saturated heterocycles. The predicted octanol–water partition coefficient (Wildman–Crippen LogP) is 4.53. The number of hydrogen-bond donors (Lipinski definition) is 1. The lowest BCUT2D eigenvalue weighted by Crippen LogP contribution is -2.33. The fourth-order valence-electron chi connectivity index (χ4n) is 3.59. The van der Waals surface area contributed by atoms with Crippen LogP contribution in [0.15, 0.2) is 58.5 Å². The van der Waals surface area contributed by atoms with Gasteiger partial charge < -0.3 is 5.32 Å². The van der Waals surface area contributed by atoms with E-state index in [0.29, 0.717) is 19.1 Å². The molecular weight excluding hydrogens is 424 g/mol. The highest BCUT2D eigenvalue weighted by atomic mass is 79.9. The van der Waals surface area contributed by atoms with Gasteiger partial charge in [0.15, 0.2) is 0 Å². The molecule has 1 amide bonds. The highest BCUT2D eigenvalue weighted by Gasteiger charge is 2.27. The van der Waals surface area contributed by atoms with Crippen molar-refractivity contribution in [2.45, 2.75) is 25.4 Å². The number of nitrogens with zero attached hydrogens (tertiary/aromatic N) is 3. The molecule has 27 heavy (non-hydrogen) atoms. The maximum Gasteiger partial charge on any atom is 0.239 e. The van der Waals surface area contributed by atoms with Crippen LogP contribution in [0.4, 0.5) is 5.82 Å². The monoisotopic (exact) mass is 444 g/mol. The number of nitrogens with one attached hydrogen (secondary N) is 1. The molecule has 0 aliphatic carbocycles. The summed E-state index contributed by atoms with van der Waals surface area (Å²) < 4.78 is 2.91. The van der Waals surface area contributed by atoms with Crippen molar-refractivity contribution in [1.29, 1.82) is 0 Å². The van der Waals surface area contributed by atoms with Crippen molar-refractivity contribution in [2.24, 2.45) is 0 Å². The fraction of sp³-hybridized carbons (Fsp3) is 0.300. The highest BCUT2D eigenvalue weighted by molar-refractivity contribution is 9.10. The van der Waals surface area contributed by atoms with E-state index in [9.17, 15) is 4.79 Å². The molecule has 2 aromatic heterocycles. The number of thiophene rings is 1. The van der Waals surface area contributed by atoms with Gasteiger partial charge in [0, 0.05) is 21.5 Å². The number of benzene rings is 1. The summed E-state index contributed by atoms with van der Waals surface area (Å²) in [5.74, 6) is 0.747. The topological polar surface area (TPSA) is 50.2 Å². The summed E-state index contributed by atoms with van der Waals surface area (Å²) in [5.41, 5.74) is 1.26. The standard InChI is InChI=1S/C20H21BrN4OS/c21-16-5-1-4-15(12-16)18-7-2-10-24(18)14-20(26)23-19-8-9-22-25(19)13-17-6-3-11-27-17/h1,3-6,8-9,11-12,18H,2,7,10,13-14H2,(H,23,26). The van der Waals surface area contributed by atoms with Crippen molar-refractivity contribution in [3.63, 3.8) is 0 Å². The smallest absolute Gasteiger partial charge is 0.239 e. The van der Waals surface area contributed by atoms with Gasteiger partial charge in [0.05, 0.1) is 19.3 Å². The van der Waals surface area contributed by atoms with E-state index in [4.69, 9.17) is 0 Å². The SMILES string of the molecule is O=C(CN1CCCC1c1cccc(Br)c1)Nc1ccnn1Cc1cccs1. The van der Waals surface area contributed by atoms with Gasteiger partial charge in [-0.2, -0.15) is 5.10 Å². The first-order valence-electron chi connectivity index (χ1n) is 9.02. The Morgan fingerprint density at radius 2 is 2.22 bits per heavy atom. The molecule has 4 rings (SSSR count). The first-order chi connectivity index (χ1) is 13.2. The number of rotatable bonds is 6. The molecule has 0 spiro atoms. The highest BCUT2D eigenvalue weighted by Crippen LogP contribution is 2.32. The molecule has 3 heterocycles. The minimum absolute atomic E-state index is 0.00447. The zero-order chi connectivity index (χ0) is 18.6. The van der Waals surface area contributed by atoms with Crippen LogP contribution in [0.1, 0.15) is 29.3 Å². The van der Waals surface area contributed by atoms with E-state index in [-0.39, 0.29) is 5.91 Å². The second kappa shape index (κ2) is 8.37. The molecule has 5 nitrogen and oxygen atoms in total. The van der Waals surface area contributed by atoms with Gasteiger partial charge in [0.1, 0.15) is 5.82 Å². The van der Waals surface area contributed by atoms with Crippen LogP contribution in [0.25, 0.3) is 0 Å². The molecule has 0 radical (unpaired) electrons. The third kappa shape index (κ3) is 4.48. The summed E-state index contributed by atoms with van der Waals surface area (Å²) >= 11 is 5.23. The molecule has 3 aromatic rings. The minimum atomic E-state index is 0.00447. The number of carbonyl (C=O) groups is 1. The number of carbonyl (C=O) groups excluding carboxylic acids is 1. The molecule has 1 fully saturated rings. The van der Waals surface area contributed by atoms with Crippen molar-refractivity contribution >= 4 is 39.0 Å². The summed E-state index contributed by atoms with van der Waals surface area (Å²) in [6, 6.07) is 14.6. The molecule has 1 N–H and O–H groups in total. The first kappa shape index (κ1) is 18.4. The fourth-order valence-corrected chi connectivity index (χ4v) is 4.69. The summed E-state index contributed by atoms with van der Waals surface area (Å²) in [4.78, 5) is 16.1.